The zero-order valence-corrected chi connectivity index (χ0v) is 15.7. The Labute approximate surface area is 156 Å². The number of nitrogens with zero attached hydrogens (tertiary/aromatic N) is 3. The molecule has 0 unspecified atom stereocenters. The van der Waals surface area contributed by atoms with Gasteiger partial charge in [0.25, 0.3) is 0 Å². The van der Waals surface area contributed by atoms with Crippen LogP contribution < -0.4 is 5.32 Å². The highest BCUT2D eigenvalue weighted by molar-refractivity contribution is 5.84. The lowest BCUT2D eigenvalue weighted by atomic mass is 10.1. The third-order valence-corrected chi connectivity index (χ3v) is 3.30. The van der Waals surface area contributed by atoms with Crippen molar-refractivity contribution >= 4 is 11.7 Å². The summed E-state index contributed by atoms with van der Waals surface area (Å²) < 4.78 is 39.8. The van der Waals surface area contributed by atoms with Gasteiger partial charge in [0.15, 0.2) is 0 Å². The summed E-state index contributed by atoms with van der Waals surface area (Å²) in [6.45, 7) is 10.4. The fourth-order valence-corrected chi connectivity index (χ4v) is 2.18. The van der Waals surface area contributed by atoms with Crippen molar-refractivity contribution in [1.29, 1.82) is 0 Å². The van der Waals surface area contributed by atoms with Crippen LogP contribution in [0.15, 0.2) is 19.0 Å². The van der Waals surface area contributed by atoms with E-state index >= 15 is 0 Å². The Morgan fingerprint density at radius 2 is 1.96 bits per heavy atom. The van der Waals surface area contributed by atoms with Crippen LogP contribution in [0.1, 0.15) is 38.2 Å². The molecule has 2 heterocycles. The minimum absolute atomic E-state index is 0.152. The molecule has 0 saturated carbocycles. The second-order valence-electron chi connectivity index (χ2n) is 5.71. The predicted octanol–water partition coefficient (Wildman–Crippen LogP) is 3.37. The number of hydrogen-bond acceptors (Lipinski definition) is 5. The number of carbonyl (C=O) groups excluding carboxylic acids is 1. The summed E-state index contributed by atoms with van der Waals surface area (Å²) in [5.74, 6) is 1.65. The normalized spacial score (nSPS) is 13.9. The summed E-state index contributed by atoms with van der Waals surface area (Å²) in [5, 5.41) is 9.71. The summed E-state index contributed by atoms with van der Waals surface area (Å²) in [4.78, 5) is 22.7. The molecule has 1 amide bonds. The molecule has 1 saturated heterocycles. The number of amides is 1. The van der Waals surface area contributed by atoms with Gasteiger partial charge >= 0.3 is 6.36 Å². The summed E-state index contributed by atoms with van der Waals surface area (Å²) in [6.07, 6.45) is -1.64. The first-order valence-electron chi connectivity index (χ1n) is 8.41. The topological polar surface area (TPSA) is 78.4 Å². The number of aliphatic hydroxyl groups is 1. The number of likely N-dealkylation sites (tertiary alicyclic amines) is 1. The van der Waals surface area contributed by atoms with Gasteiger partial charge in [0, 0.05) is 24.8 Å². The van der Waals surface area contributed by atoms with Gasteiger partial charge < -0.3 is 15.3 Å². The van der Waals surface area contributed by atoms with Crippen molar-refractivity contribution in [3.63, 3.8) is 0 Å². The molecule has 0 bridgehead atoms. The van der Waals surface area contributed by atoms with Crippen LogP contribution in [0.4, 0.5) is 23.4 Å². The summed E-state index contributed by atoms with van der Waals surface area (Å²) in [5.41, 5.74) is 1.03. The van der Waals surface area contributed by atoms with E-state index in [2.05, 4.69) is 28.8 Å². The number of hydrogen-bond donors (Lipinski definition) is 2. The molecule has 2 rings (SSSR count). The molecule has 0 radical (unpaired) electrons. The van der Waals surface area contributed by atoms with Gasteiger partial charge in [-0.25, -0.2) is 14.4 Å². The highest BCUT2D eigenvalue weighted by atomic mass is 19.4. The van der Waals surface area contributed by atoms with Crippen LogP contribution >= 0.6 is 0 Å². The third-order valence-electron chi connectivity index (χ3n) is 3.30. The zero-order valence-electron chi connectivity index (χ0n) is 15.7. The van der Waals surface area contributed by atoms with Crippen LogP contribution in [0.3, 0.4) is 0 Å². The molecule has 1 aliphatic rings. The summed E-state index contributed by atoms with van der Waals surface area (Å²) in [7, 11) is 0. The molecule has 1 aromatic heterocycles. The molecule has 0 aliphatic carbocycles. The van der Waals surface area contributed by atoms with Crippen molar-refractivity contribution in [2.75, 3.05) is 18.4 Å². The van der Waals surface area contributed by atoms with Crippen molar-refractivity contribution in [3.8, 4) is 0 Å². The van der Waals surface area contributed by atoms with Crippen molar-refractivity contribution in [2.24, 2.45) is 0 Å². The number of rotatable bonds is 5. The molecule has 1 fully saturated rings. The van der Waals surface area contributed by atoms with E-state index in [1.165, 1.54) is 0 Å². The van der Waals surface area contributed by atoms with Crippen LogP contribution in [0.2, 0.25) is 0 Å². The number of halogens is 4. The molecular formula is C17H26F4N4O2. The van der Waals surface area contributed by atoms with Crippen LogP contribution in [-0.4, -0.2) is 51.4 Å². The second kappa shape index (κ2) is 12.2. The minimum Gasteiger partial charge on any atom is -0.359 e. The van der Waals surface area contributed by atoms with Gasteiger partial charge in [0.2, 0.25) is 5.91 Å². The Morgan fingerprint density at radius 1 is 1.44 bits per heavy atom. The Bertz CT molecular complexity index is 587. The van der Waals surface area contributed by atoms with E-state index in [1.807, 2.05) is 24.8 Å². The molecule has 0 spiro atoms. The second-order valence-corrected chi connectivity index (χ2v) is 5.71. The van der Waals surface area contributed by atoms with Crippen LogP contribution in [0, 0.1) is 6.92 Å². The molecule has 154 valence electrons. The smallest absolute Gasteiger partial charge is 0.359 e. The average Bonchev–Trinajstić information content (AvgIpc) is 2.44. The van der Waals surface area contributed by atoms with Crippen molar-refractivity contribution < 1.29 is 27.5 Å². The van der Waals surface area contributed by atoms with Gasteiger partial charge in [-0.15, -0.1) is 13.2 Å². The van der Waals surface area contributed by atoms with Crippen molar-refractivity contribution in [2.45, 2.75) is 52.4 Å². The minimum atomic E-state index is -5.00. The molecule has 2 N–H and O–H groups in total. The maximum absolute atomic E-state index is 12.0. The first-order chi connectivity index (χ1) is 12.5. The molecular weight excluding hydrogens is 368 g/mol. The first-order valence-corrected chi connectivity index (χ1v) is 8.41. The SMILES string of the molecule is C=CF.CCCc1cc(N[C@H](C)C(=O)N2CCC2)nc(C)n1.OC(F)(F)F. The molecule has 6 nitrogen and oxygen atoms in total. The van der Waals surface area contributed by atoms with Gasteiger partial charge in [-0.2, -0.15) is 0 Å². The average molecular weight is 394 g/mol. The summed E-state index contributed by atoms with van der Waals surface area (Å²) >= 11 is 0. The van der Waals surface area contributed by atoms with Gasteiger partial charge in [0.1, 0.15) is 17.7 Å². The summed E-state index contributed by atoms with van der Waals surface area (Å²) in [6, 6.07) is 1.71. The van der Waals surface area contributed by atoms with Gasteiger partial charge in [0.05, 0.1) is 6.33 Å². The molecule has 1 aromatic rings. The number of alkyl halides is 3. The van der Waals surface area contributed by atoms with Gasteiger partial charge in [-0.05, 0) is 26.7 Å². The van der Waals surface area contributed by atoms with E-state index in [0.717, 1.165) is 49.7 Å². The Kier molecular flexibility index (Phi) is 11.2. The van der Waals surface area contributed by atoms with Crippen LogP contribution in [0.5, 0.6) is 0 Å². The largest absolute Gasteiger partial charge is 0.519 e. The van der Waals surface area contributed by atoms with E-state index in [1.54, 1.807) is 0 Å². The molecule has 1 aliphatic heterocycles. The number of aromatic nitrogens is 2. The Morgan fingerprint density at radius 3 is 2.37 bits per heavy atom. The van der Waals surface area contributed by atoms with E-state index in [-0.39, 0.29) is 18.3 Å². The lowest BCUT2D eigenvalue weighted by Gasteiger charge is -2.33. The predicted molar refractivity (Wildman–Crippen MR) is 94.6 cm³/mol. The van der Waals surface area contributed by atoms with Gasteiger partial charge in [-0.1, -0.05) is 19.9 Å². The van der Waals surface area contributed by atoms with E-state index in [9.17, 15) is 22.4 Å². The monoisotopic (exact) mass is 394 g/mol. The van der Waals surface area contributed by atoms with E-state index in [4.69, 9.17) is 5.11 Å². The van der Waals surface area contributed by atoms with Crippen molar-refractivity contribution in [1.82, 2.24) is 14.9 Å². The fourth-order valence-electron chi connectivity index (χ4n) is 2.18. The Hall–Kier alpha value is -2.23. The van der Waals surface area contributed by atoms with E-state index < -0.39 is 6.36 Å². The molecule has 27 heavy (non-hydrogen) atoms. The Balaban J connectivity index is 0.000000719. The maximum Gasteiger partial charge on any atom is 0.519 e. The first kappa shape index (κ1) is 24.8. The quantitative estimate of drug-likeness (QED) is 0.749. The number of anilines is 1. The van der Waals surface area contributed by atoms with Crippen LogP contribution in [0.25, 0.3) is 0 Å². The highest BCUT2D eigenvalue weighted by Crippen LogP contribution is 2.13. The number of aryl methyl sites for hydroxylation is 2. The highest BCUT2D eigenvalue weighted by Gasteiger charge is 2.25. The lowest BCUT2D eigenvalue weighted by Crippen LogP contribution is -2.48. The number of nitrogens with one attached hydrogen (secondary N) is 1. The van der Waals surface area contributed by atoms with Gasteiger partial charge in [-0.3, -0.25) is 4.79 Å². The van der Waals surface area contributed by atoms with E-state index in [0.29, 0.717) is 0 Å². The third kappa shape index (κ3) is 11.9. The maximum atomic E-state index is 12.0. The lowest BCUT2D eigenvalue weighted by molar-refractivity contribution is -0.295. The van der Waals surface area contributed by atoms with Crippen molar-refractivity contribution in [3.05, 3.63) is 30.5 Å². The number of carbonyl (C=O) groups is 1. The molecule has 1 atom stereocenters. The fraction of sp³-hybridized carbons (Fsp3) is 0.588. The molecule has 10 heteroatoms. The van der Waals surface area contributed by atoms with Crippen LogP contribution in [-0.2, 0) is 11.2 Å². The zero-order chi connectivity index (χ0) is 21.0. The standard InChI is InChI=1S/C14H22N4O.C2H3F.CHF3O/c1-4-6-12-9-13(17-11(3)16-12)15-10(2)14(19)18-7-5-8-18;1-2-3;2-1(3,4)5/h9-10H,4-8H2,1-3H3,(H,15,16,17);2H,1H2;5H/t10-;;/m1../s1. The molecule has 0 aromatic carbocycles.